The Morgan fingerprint density at radius 1 is 1.02 bits per heavy atom. The Morgan fingerprint density at radius 3 is 2.30 bits per heavy atom. The first-order chi connectivity index (χ1) is 19.1. The van der Waals surface area contributed by atoms with Gasteiger partial charge in [-0.15, -0.1) is 0 Å². The largest absolute Gasteiger partial charge is 0.493 e. The predicted molar refractivity (Wildman–Crippen MR) is 141 cm³/mol. The molecule has 2 saturated heterocycles. The van der Waals surface area contributed by atoms with Crippen LogP contribution in [0.25, 0.3) is 11.1 Å². The highest BCUT2D eigenvalue weighted by Gasteiger charge is 2.58. The van der Waals surface area contributed by atoms with Gasteiger partial charge in [-0.2, -0.15) is 13.2 Å². The third-order valence-electron chi connectivity index (χ3n) is 8.75. The first kappa shape index (κ1) is 28.4. The second-order valence-electron chi connectivity index (χ2n) is 11.4. The van der Waals surface area contributed by atoms with Gasteiger partial charge in [-0.1, -0.05) is 36.8 Å². The lowest BCUT2D eigenvalue weighted by Crippen LogP contribution is -2.53. The molecule has 1 saturated carbocycles. The number of hydrogen-bond acceptors (Lipinski definition) is 4. The van der Waals surface area contributed by atoms with Crippen LogP contribution < -0.4 is 4.74 Å². The molecule has 5 rings (SSSR count). The van der Waals surface area contributed by atoms with E-state index in [1.165, 1.54) is 0 Å². The Labute approximate surface area is 230 Å². The van der Waals surface area contributed by atoms with Gasteiger partial charge in [-0.3, -0.25) is 4.79 Å². The zero-order valence-corrected chi connectivity index (χ0v) is 22.2. The van der Waals surface area contributed by atoms with E-state index in [0.717, 1.165) is 23.3 Å². The molecule has 10 heteroatoms. The van der Waals surface area contributed by atoms with Crippen LogP contribution in [0.1, 0.15) is 48.9 Å². The van der Waals surface area contributed by atoms with Crippen LogP contribution in [0, 0.1) is 11.3 Å². The Balaban J connectivity index is 1.16. The number of rotatable bonds is 8. The van der Waals surface area contributed by atoms with Crippen LogP contribution in [0.2, 0.25) is 0 Å². The van der Waals surface area contributed by atoms with Crippen LogP contribution in [-0.2, 0) is 4.79 Å². The van der Waals surface area contributed by atoms with Crippen LogP contribution in [0.4, 0.5) is 17.6 Å². The number of hydrogen-bond donors (Lipinski definition) is 1. The summed E-state index contributed by atoms with van der Waals surface area (Å²) in [5.74, 6) is -0.833. The molecule has 2 aromatic rings. The van der Waals surface area contributed by atoms with Gasteiger partial charge in [-0.25, -0.2) is 9.18 Å². The minimum absolute atomic E-state index is 0.0958. The summed E-state index contributed by atoms with van der Waals surface area (Å²) in [6, 6.07) is 12.9. The van der Waals surface area contributed by atoms with Crippen molar-refractivity contribution < 1.29 is 37.0 Å². The van der Waals surface area contributed by atoms with Gasteiger partial charge in [-0.05, 0) is 74.0 Å². The van der Waals surface area contributed by atoms with E-state index in [1.807, 2.05) is 17.0 Å². The zero-order chi connectivity index (χ0) is 28.5. The number of halogens is 4. The molecule has 1 N–H and O–H groups in total. The standard InChI is InChI=1S/C30H34F4N2O4/c31-22-16-26(28(38)39)36(17-22)27(37)25-5-2-1-4-24(25)21-6-8-23(9-7-21)40-18-20-10-14-35(15-11-20)19-29(12-3-13-29)30(32,33)34/h1-2,4-9,20,22,26H,3,10-19H2,(H,38,39). The first-order valence-electron chi connectivity index (χ1n) is 13.9. The van der Waals surface area contributed by atoms with E-state index in [4.69, 9.17) is 4.74 Å². The molecule has 3 fully saturated rings. The van der Waals surface area contributed by atoms with Crippen molar-refractivity contribution in [3.05, 3.63) is 54.1 Å². The third kappa shape index (κ3) is 5.82. The fraction of sp³-hybridized carbons (Fsp3) is 0.533. The van der Waals surface area contributed by atoms with Gasteiger partial charge in [0.15, 0.2) is 0 Å². The molecule has 2 atom stereocenters. The fourth-order valence-electron chi connectivity index (χ4n) is 6.14. The maximum absolute atomic E-state index is 14.0. The van der Waals surface area contributed by atoms with Gasteiger partial charge < -0.3 is 19.6 Å². The van der Waals surface area contributed by atoms with E-state index in [-0.39, 0.29) is 38.3 Å². The van der Waals surface area contributed by atoms with E-state index in [0.29, 0.717) is 43.0 Å². The quantitative estimate of drug-likeness (QED) is 0.411. The third-order valence-corrected chi connectivity index (χ3v) is 8.75. The highest BCUT2D eigenvalue weighted by atomic mass is 19.4. The molecule has 0 bridgehead atoms. The molecule has 2 aliphatic heterocycles. The molecule has 2 heterocycles. The molecule has 216 valence electrons. The monoisotopic (exact) mass is 562 g/mol. The van der Waals surface area contributed by atoms with E-state index >= 15 is 0 Å². The van der Waals surface area contributed by atoms with Crippen molar-refractivity contribution in [2.24, 2.45) is 11.3 Å². The molecule has 2 aromatic carbocycles. The number of aliphatic carboxylic acids is 1. The summed E-state index contributed by atoms with van der Waals surface area (Å²) in [6.45, 7) is 1.59. The van der Waals surface area contributed by atoms with Gasteiger partial charge >= 0.3 is 12.1 Å². The number of carboxylic acids is 1. The highest BCUT2D eigenvalue weighted by molar-refractivity contribution is 6.02. The van der Waals surface area contributed by atoms with Gasteiger partial charge in [0, 0.05) is 18.5 Å². The van der Waals surface area contributed by atoms with E-state index in [1.54, 1.807) is 36.4 Å². The molecule has 40 heavy (non-hydrogen) atoms. The Kier molecular flexibility index (Phi) is 8.08. The molecule has 6 nitrogen and oxygen atoms in total. The van der Waals surface area contributed by atoms with Crippen LogP contribution in [0.5, 0.6) is 5.75 Å². The minimum Gasteiger partial charge on any atom is -0.493 e. The summed E-state index contributed by atoms with van der Waals surface area (Å²) in [7, 11) is 0. The van der Waals surface area contributed by atoms with Crippen LogP contribution >= 0.6 is 0 Å². The molecule has 0 aromatic heterocycles. The van der Waals surface area contributed by atoms with Gasteiger partial charge in [0.05, 0.1) is 18.6 Å². The molecule has 1 aliphatic carbocycles. The number of alkyl halides is 4. The summed E-state index contributed by atoms with van der Waals surface area (Å²) in [4.78, 5) is 27.8. The first-order valence-corrected chi connectivity index (χ1v) is 13.9. The van der Waals surface area contributed by atoms with Crippen molar-refractivity contribution >= 4 is 11.9 Å². The topological polar surface area (TPSA) is 70.1 Å². The molecule has 3 aliphatic rings. The lowest BCUT2D eigenvalue weighted by atomic mass is 9.67. The van der Waals surface area contributed by atoms with Gasteiger partial charge in [0.2, 0.25) is 0 Å². The smallest absolute Gasteiger partial charge is 0.395 e. The fourth-order valence-corrected chi connectivity index (χ4v) is 6.14. The summed E-state index contributed by atoms with van der Waals surface area (Å²) < 4.78 is 60.5. The number of nitrogens with zero attached hydrogens (tertiary/aromatic N) is 2. The maximum atomic E-state index is 14.0. The SMILES string of the molecule is O=C(O)C1CC(F)CN1C(=O)c1ccccc1-c1ccc(OCC2CCN(CC3(C(F)(F)F)CCC3)CC2)cc1. The Hall–Kier alpha value is -3.14. The van der Waals surface area contributed by atoms with Crippen LogP contribution in [0.3, 0.4) is 0 Å². The minimum atomic E-state index is -4.14. The Morgan fingerprint density at radius 2 is 1.70 bits per heavy atom. The van der Waals surface area contributed by atoms with Crippen molar-refractivity contribution in [1.82, 2.24) is 9.80 Å². The summed E-state index contributed by atoms with van der Waals surface area (Å²) in [5.41, 5.74) is 0.129. The van der Waals surface area contributed by atoms with E-state index < -0.39 is 35.7 Å². The molecular weight excluding hydrogens is 528 g/mol. The average molecular weight is 563 g/mol. The molecule has 2 unspecified atom stereocenters. The highest BCUT2D eigenvalue weighted by Crippen LogP contribution is 2.53. The number of carbonyl (C=O) groups is 2. The number of carboxylic acid groups (broad SMARTS) is 1. The van der Waals surface area contributed by atoms with Crippen LogP contribution in [-0.4, -0.2) is 78.0 Å². The van der Waals surface area contributed by atoms with E-state index in [2.05, 4.69) is 0 Å². The number of amides is 1. The number of benzene rings is 2. The zero-order valence-electron chi connectivity index (χ0n) is 22.2. The number of ether oxygens (including phenoxy) is 1. The molecule has 0 radical (unpaired) electrons. The maximum Gasteiger partial charge on any atom is 0.395 e. The molecular formula is C30H34F4N2O4. The van der Waals surface area contributed by atoms with Crippen LogP contribution in [0.15, 0.2) is 48.5 Å². The lowest BCUT2D eigenvalue weighted by Gasteiger charge is -2.47. The molecule has 1 amide bonds. The number of likely N-dealkylation sites (tertiary alicyclic amines) is 2. The second-order valence-corrected chi connectivity index (χ2v) is 11.4. The molecule has 0 spiro atoms. The summed E-state index contributed by atoms with van der Waals surface area (Å²) in [5, 5.41) is 9.44. The van der Waals surface area contributed by atoms with Gasteiger partial charge in [0.1, 0.15) is 18.0 Å². The normalized spacial score (nSPS) is 23.6. The number of carbonyl (C=O) groups excluding carboxylic acids is 1. The average Bonchev–Trinajstić information content (AvgIpc) is 3.31. The lowest BCUT2D eigenvalue weighted by molar-refractivity contribution is -0.256. The van der Waals surface area contributed by atoms with Crippen molar-refractivity contribution in [3.63, 3.8) is 0 Å². The summed E-state index contributed by atoms with van der Waals surface area (Å²) >= 11 is 0. The number of piperidine rings is 1. The van der Waals surface area contributed by atoms with Crippen molar-refractivity contribution in [2.75, 3.05) is 32.8 Å². The summed E-state index contributed by atoms with van der Waals surface area (Å²) in [6.07, 6.45) is -3.06. The van der Waals surface area contributed by atoms with Crippen molar-refractivity contribution in [3.8, 4) is 16.9 Å². The second kappa shape index (κ2) is 11.4. The van der Waals surface area contributed by atoms with Crippen molar-refractivity contribution in [1.29, 1.82) is 0 Å². The van der Waals surface area contributed by atoms with E-state index in [9.17, 15) is 32.3 Å². The van der Waals surface area contributed by atoms with Crippen molar-refractivity contribution in [2.45, 2.75) is 56.9 Å². The van der Waals surface area contributed by atoms with Gasteiger partial charge in [0.25, 0.3) is 5.91 Å². The Bertz CT molecular complexity index is 1210. The predicted octanol–water partition coefficient (Wildman–Crippen LogP) is 5.81.